The summed E-state index contributed by atoms with van der Waals surface area (Å²) in [5.74, 6) is 0. The highest BCUT2D eigenvalue weighted by Gasteiger charge is 1.82. The van der Waals surface area contributed by atoms with Crippen molar-refractivity contribution in [2.75, 3.05) is 13.1 Å². The van der Waals surface area contributed by atoms with E-state index < -0.39 is 0 Å². The minimum Gasteiger partial charge on any atom is -0.341 e. The molecule has 0 fully saturated rings. The maximum Gasteiger partial charge on any atom is 0.0916 e. The molecule has 50 valence electrons. The molecule has 0 saturated heterocycles. The highest BCUT2D eigenvalue weighted by atomic mass is 28.2. The summed E-state index contributed by atoms with van der Waals surface area (Å²) >= 11 is 0. The Bertz CT molecular complexity index is 35.4. The Morgan fingerprint density at radius 2 is 2.38 bits per heavy atom. The van der Waals surface area contributed by atoms with Crippen LogP contribution in [0.3, 0.4) is 0 Å². The molecule has 0 bridgehead atoms. The summed E-state index contributed by atoms with van der Waals surface area (Å²) in [6.45, 7) is 4.03. The van der Waals surface area contributed by atoms with E-state index in [1.807, 2.05) is 0 Å². The summed E-state index contributed by atoms with van der Waals surface area (Å²) in [5.41, 5.74) is 5.27. The van der Waals surface area contributed by atoms with Crippen LogP contribution in [0, 0.1) is 0 Å². The zero-order valence-corrected chi connectivity index (χ0v) is 7.03. The van der Waals surface area contributed by atoms with Crippen molar-refractivity contribution in [3.8, 4) is 0 Å². The predicted molar refractivity (Wildman–Crippen MR) is 40.7 cm³/mol. The second kappa shape index (κ2) is 7.14. The molecule has 0 radical (unpaired) electrons. The Morgan fingerprint density at radius 1 is 1.62 bits per heavy atom. The molecular formula is C5H16N2Si. The van der Waals surface area contributed by atoms with E-state index in [1.165, 1.54) is 12.5 Å². The monoisotopic (exact) mass is 132 g/mol. The molecule has 0 aromatic heterocycles. The maximum atomic E-state index is 5.27. The number of hydrogen-bond acceptors (Lipinski definition) is 2. The van der Waals surface area contributed by atoms with E-state index in [1.54, 1.807) is 0 Å². The lowest BCUT2D eigenvalue weighted by atomic mass is 10.6. The molecule has 3 N–H and O–H groups in total. The van der Waals surface area contributed by atoms with Gasteiger partial charge in [0.15, 0.2) is 0 Å². The smallest absolute Gasteiger partial charge is 0.0916 e. The number of hydrogen-bond donors (Lipinski definition) is 2. The lowest BCUT2D eigenvalue weighted by Gasteiger charge is -1.97. The van der Waals surface area contributed by atoms with Gasteiger partial charge in [-0.15, -0.1) is 0 Å². The highest BCUT2D eigenvalue weighted by Crippen LogP contribution is 1.80. The first-order chi connectivity index (χ1) is 3.91. The van der Waals surface area contributed by atoms with Gasteiger partial charge in [-0.3, -0.25) is 0 Å². The SMILES string of the molecule is CCC[SiH2]NCCN. The number of rotatable bonds is 5. The van der Waals surface area contributed by atoms with Crippen molar-refractivity contribution >= 4 is 9.68 Å². The first kappa shape index (κ1) is 8.14. The van der Waals surface area contributed by atoms with Crippen LogP contribution in [-0.2, 0) is 0 Å². The molecule has 0 amide bonds. The first-order valence-corrected chi connectivity index (χ1v) is 5.03. The van der Waals surface area contributed by atoms with Gasteiger partial charge in [0, 0.05) is 13.1 Å². The van der Waals surface area contributed by atoms with Crippen LogP contribution in [0.2, 0.25) is 6.04 Å². The standard InChI is InChI=1S/C5H16N2Si/c1-2-5-8-7-4-3-6/h7H,2-6,8H2,1H3. The molecule has 3 heteroatoms. The van der Waals surface area contributed by atoms with Crippen LogP contribution in [0.5, 0.6) is 0 Å². The van der Waals surface area contributed by atoms with Gasteiger partial charge in [0.05, 0.1) is 9.68 Å². The van der Waals surface area contributed by atoms with Crippen LogP contribution in [0.1, 0.15) is 13.3 Å². The van der Waals surface area contributed by atoms with E-state index in [0.29, 0.717) is 0 Å². The molecule has 0 unspecified atom stereocenters. The molecule has 0 aromatic carbocycles. The second-order valence-electron chi connectivity index (χ2n) is 1.89. The van der Waals surface area contributed by atoms with E-state index in [2.05, 4.69) is 11.9 Å². The third-order valence-electron chi connectivity index (χ3n) is 1.03. The van der Waals surface area contributed by atoms with Gasteiger partial charge in [-0.25, -0.2) is 0 Å². The molecule has 0 aliphatic rings. The van der Waals surface area contributed by atoms with Gasteiger partial charge in [-0.05, 0) is 0 Å². The average Bonchev–Trinajstić information content (AvgIpc) is 1.81. The Balaban J connectivity index is 2.53. The predicted octanol–water partition coefficient (Wildman–Crippen LogP) is -0.553. The van der Waals surface area contributed by atoms with Gasteiger partial charge < -0.3 is 10.7 Å². The van der Waals surface area contributed by atoms with E-state index in [4.69, 9.17) is 5.73 Å². The van der Waals surface area contributed by atoms with Crippen molar-refractivity contribution in [3.05, 3.63) is 0 Å². The van der Waals surface area contributed by atoms with Gasteiger partial charge in [0.1, 0.15) is 0 Å². The van der Waals surface area contributed by atoms with Gasteiger partial charge in [-0.1, -0.05) is 19.4 Å². The van der Waals surface area contributed by atoms with Crippen molar-refractivity contribution in [2.45, 2.75) is 19.4 Å². The largest absolute Gasteiger partial charge is 0.341 e. The Kier molecular flexibility index (Phi) is 7.26. The summed E-state index contributed by atoms with van der Waals surface area (Å²) in [7, 11) is 0.0703. The summed E-state index contributed by atoms with van der Waals surface area (Å²) < 4.78 is 0. The quantitative estimate of drug-likeness (QED) is 0.389. The van der Waals surface area contributed by atoms with Crippen molar-refractivity contribution in [1.29, 1.82) is 0 Å². The van der Waals surface area contributed by atoms with Gasteiger partial charge in [0.2, 0.25) is 0 Å². The Hall–Kier alpha value is 0.137. The maximum absolute atomic E-state index is 5.27. The molecule has 0 atom stereocenters. The lowest BCUT2D eigenvalue weighted by molar-refractivity contribution is 0.887. The number of nitrogens with one attached hydrogen (secondary N) is 1. The van der Waals surface area contributed by atoms with Crippen LogP contribution in [-0.4, -0.2) is 22.8 Å². The molecule has 0 heterocycles. The van der Waals surface area contributed by atoms with Crippen molar-refractivity contribution in [3.63, 3.8) is 0 Å². The average molecular weight is 132 g/mol. The van der Waals surface area contributed by atoms with Crippen LogP contribution < -0.4 is 10.7 Å². The van der Waals surface area contributed by atoms with Gasteiger partial charge in [-0.2, -0.15) is 0 Å². The third kappa shape index (κ3) is 6.14. The molecular weight excluding hydrogens is 116 g/mol. The summed E-state index contributed by atoms with van der Waals surface area (Å²) in [6, 6.07) is 1.40. The minimum absolute atomic E-state index is 0.0703. The van der Waals surface area contributed by atoms with Crippen LogP contribution in [0.15, 0.2) is 0 Å². The topological polar surface area (TPSA) is 38.0 Å². The molecule has 0 aliphatic carbocycles. The van der Waals surface area contributed by atoms with Crippen LogP contribution in [0.25, 0.3) is 0 Å². The summed E-state index contributed by atoms with van der Waals surface area (Å²) in [5, 5.41) is 0. The fourth-order valence-electron chi connectivity index (χ4n) is 0.529. The minimum atomic E-state index is 0.0703. The summed E-state index contributed by atoms with van der Waals surface area (Å²) in [4.78, 5) is 3.35. The van der Waals surface area contributed by atoms with E-state index in [0.717, 1.165) is 13.1 Å². The third-order valence-corrected chi connectivity index (χ3v) is 2.80. The Morgan fingerprint density at radius 3 is 2.88 bits per heavy atom. The van der Waals surface area contributed by atoms with E-state index in [9.17, 15) is 0 Å². The number of nitrogens with two attached hydrogens (primary N) is 1. The zero-order chi connectivity index (χ0) is 6.24. The molecule has 0 rings (SSSR count). The molecule has 0 spiro atoms. The van der Waals surface area contributed by atoms with Crippen LogP contribution in [0.4, 0.5) is 0 Å². The van der Waals surface area contributed by atoms with E-state index in [-0.39, 0.29) is 9.68 Å². The fourth-order valence-corrected chi connectivity index (χ4v) is 1.59. The highest BCUT2D eigenvalue weighted by molar-refractivity contribution is 6.31. The second-order valence-corrected chi connectivity index (χ2v) is 3.60. The van der Waals surface area contributed by atoms with Gasteiger partial charge in [0.25, 0.3) is 0 Å². The fraction of sp³-hybridized carbons (Fsp3) is 1.00. The van der Waals surface area contributed by atoms with Crippen molar-refractivity contribution in [1.82, 2.24) is 4.98 Å². The lowest BCUT2D eigenvalue weighted by Crippen LogP contribution is -2.25. The first-order valence-electron chi connectivity index (χ1n) is 3.32. The van der Waals surface area contributed by atoms with Crippen LogP contribution >= 0.6 is 0 Å². The Labute approximate surface area is 53.7 Å². The van der Waals surface area contributed by atoms with Gasteiger partial charge >= 0.3 is 0 Å². The normalized spacial score (nSPS) is 11.2. The molecule has 0 saturated carbocycles. The van der Waals surface area contributed by atoms with E-state index >= 15 is 0 Å². The molecule has 0 aromatic rings. The van der Waals surface area contributed by atoms with Crippen molar-refractivity contribution < 1.29 is 0 Å². The molecule has 2 nitrogen and oxygen atoms in total. The summed E-state index contributed by atoms with van der Waals surface area (Å²) in [6.07, 6.45) is 1.32. The molecule has 8 heavy (non-hydrogen) atoms. The van der Waals surface area contributed by atoms with Crippen molar-refractivity contribution in [2.24, 2.45) is 5.73 Å². The molecule has 0 aliphatic heterocycles. The zero-order valence-electron chi connectivity index (χ0n) is 5.61.